The summed E-state index contributed by atoms with van der Waals surface area (Å²) in [7, 11) is 0. The number of hydrogen-bond acceptors (Lipinski definition) is 3. The van der Waals surface area contributed by atoms with E-state index in [1.807, 2.05) is 0 Å². The second kappa shape index (κ2) is 3.74. The van der Waals surface area contributed by atoms with Crippen LogP contribution in [0, 0.1) is 11.8 Å². The summed E-state index contributed by atoms with van der Waals surface area (Å²) in [4.78, 5) is 21.2. The minimum absolute atomic E-state index is 0.477. The van der Waals surface area contributed by atoms with Gasteiger partial charge in [-0.1, -0.05) is 6.42 Å². The van der Waals surface area contributed by atoms with E-state index >= 15 is 0 Å². The van der Waals surface area contributed by atoms with Crippen molar-refractivity contribution < 1.29 is 24.9 Å². The van der Waals surface area contributed by atoms with Gasteiger partial charge in [0.2, 0.25) is 0 Å². The standard InChI is InChI=1S/C8H12O5/c9-5-3-1-2-4(5)6(7(10)11)8(12)13/h4-6,9H,1-3H2,(H,10,11)(H,12,13)/t4-,5-/m1/s1. The van der Waals surface area contributed by atoms with Gasteiger partial charge in [0.25, 0.3) is 0 Å². The van der Waals surface area contributed by atoms with Gasteiger partial charge >= 0.3 is 11.9 Å². The van der Waals surface area contributed by atoms with E-state index in [1.54, 1.807) is 0 Å². The lowest BCUT2D eigenvalue weighted by molar-refractivity contribution is -0.159. The molecule has 1 saturated carbocycles. The number of aliphatic carboxylic acids is 2. The zero-order chi connectivity index (χ0) is 10.0. The Balaban J connectivity index is 2.75. The number of carbonyl (C=O) groups is 2. The average molecular weight is 188 g/mol. The van der Waals surface area contributed by atoms with Crippen molar-refractivity contribution in [3.63, 3.8) is 0 Å². The Bertz CT molecular complexity index is 211. The average Bonchev–Trinajstić information content (AvgIpc) is 2.35. The van der Waals surface area contributed by atoms with Crippen LogP contribution < -0.4 is 0 Å². The molecular weight excluding hydrogens is 176 g/mol. The van der Waals surface area contributed by atoms with Gasteiger partial charge < -0.3 is 15.3 Å². The topological polar surface area (TPSA) is 94.8 Å². The Morgan fingerprint density at radius 2 is 1.69 bits per heavy atom. The third-order valence-corrected chi connectivity index (χ3v) is 2.49. The zero-order valence-corrected chi connectivity index (χ0v) is 7.01. The molecule has 0 heterocycles. The summed E-state index contributed by atoms with van der Waals surface area (Å²) in [5.74, 6) is -4.82. The molecule has 0 radical (unpaired) electrons. The molecule has 0 aliphatic heterocycles. The summed E-state index contributed by atoms with van der Waals surface area (Å²) in [6.45, 7) is 0. The lowest BCUT2D eigenvalue weighted by Crippen LogP contribution is -2.35. The van der Waals surface area contributed by atoms with Crippen molar-refractivity contribution in [2.75, 3.05) is 0 Å². The highest BCUT2D eigenvalue weighted by atomic mass is 16.4. The molecule has 1 aliphatic rings. The maximum atomic E-state index is 10.6. The smallest absolute Gasteiger partial charge is 0.318 e. The van der Waals surface area contributed by atoms with Crippen molar-refractivity contribution in [3.05, 3.63) is 0 Å². The molecule has 0 aromatic carbocycles. The third-order valence-electron chi connectivity index (χ3n) is 2.49. The number of hydrogen-bond donors (Lipinski definition) is 3. The quantitative estimate of drug-likeness (QED) is 0.539. The molecule has 0 bridgehead atoms. The molecule has 0 unspecified atom stereocenters. The molecule has 0 aromatic heterocycles. The van der Waals surface area contributed by atoms with E-state index in [0.29, 0.717) is 19.3 Å². The monoisotopic (exact) mass is 188 g/mol. The first-order chi connectivity index (χ1) is 6.04. The normalized spacial score (nSPS) is 27.8. The Morgan fingerprint density at radius 1 is 1.15 bits per heavy atom. The van der Waals surface area contributed by atoms with Gasteiger partial charge in [-0.25, -0.2) is 0 Å². The van der Waals surface area contributed by atoms with Crippen LogP contribution in [0.5, 0.6) is 0 Å². The van der Waals surface area contributed by atoms with Crippen molar-refractivity contribution in [2.24, 2.45) is 11.8 Å². The molecule has 1 aliphatic carbocycles. The SMILES string of the molecule is O=C(O)C(C(=O)O)[C@@H]1CCC[C@H]1O. The van der Waals surface area contributed by atoms with Gasteiger partial charge in [0.05, 0.1) is 6.10 Å². The van der Waals surface area contributed by atoms with Crippen LogP contribution in [0.1, 0.15) is 19.3 Å². The minimum atomic E-state index is -1.46. The van der Waals surface area contributed by atoms with Gasteiger partial charge in [-0.3, -0.25) is 9.59 Å². The fourth-order valence-electron chi connectivity index (χ4n) is 1.83. The van der Waals surface area contributed by atoms with Crippen molar-refractivity contribution in [1.29, 1.82) is 0 Å². The summed E-state index contributed by atoms with van der Waals surface area (Å²) in [5, 5.41) is 26.6. The molecule has 0 aromatic rings. The number of rotatable bonds is 3. The highest BCUT2D eigenvalue weighted by molar-refractivity contribution is 5.93. The van der Waals surface area contributed by atoms with Crippen molar-refractivity contribution >= 4 is 11.9 Å². The van der Waals surface area contributed by atoms with Crippen LogP contribution in [0.2, 0.25) is 0 Å². The Kier molecular flexibility index (Phi) is 2.87. The van der Waals surface area contributed by atoms with Crippen molar-refractivity contribution in [2.45, 2.75) is 25.4 Å². The van der Waals surface area contributed by atoms with E-state index in [2.05, 4.69) is 0 Å². The Labute approximate surface area is 75.0 Å². The van der Waals surface area contributed by atoms with Crippen LogP contribution in [-0.2, 0) is 9.59 Å². The second-order valence-electron chi connectivity index (χ2n) is 3.32. The second-order valence-corrected chi connectivity index (χ2v) is 3.32. The Hall–Kier alpha value is -1.10. The molecule has 74 valence electrons. The molecule has 3 N–H and O–H groups in total. The number of aliphatic hydroxyl groups excluding tert-OH is 1. The number of aliphatic hydroxyl groups is 1. The molecule has 2 atom stereocenters. The Morgan fingerprint density at radius 3 is 2.00 bits per heavy atom. The van der Waals surface area contributed by atoms with E-state index in [1.165, 1.54) is 0 Å². The highest BCUT2D eigenvalue weighted by Crippen LogP contribution is 2.32. The van der Waals surface area contributed by atoms with Crippen LogP contribution in [0.3, 0.4) is 0 Å². The number of carboxylic acid groups (broad SMARTS) is 2. The predicted molar refractivity (Wildman–Crippen MR) is 42.1 cm³/mol. The first-order valence-corrected chi connectivity index (χ1v) is 4.17. The lowest BCUT2D eigenvalue weighted by Gasteiger charge is -2.18. The molecule has 13 heavy (non-hydrogen) atoms. The fraction of sp³-hybridized carbons (Fsp3) is 0.750. The van der Waals surface area contributed by atoms with Crippen LogP contribution >= 0.6 is 0 Å². The van der Waals surface area contributed by atoms with E-state index < -0.39 is 29.9 Å². The predicted octanol–water partition coefficient (Wildman–Crippen LogP) is -0.0672. The van der Waals surface area contributed by atoms with Gasteiger partial charge in [0.15, 0.2) is 5.92 Å². The van der Waals surface area contributed by atoms with Crippen LogP contribution in [-0.4, -0.2) is 33.4 Å². The van der Waals surface area contributed by atoms with Gasteiger partial charge in [-0.05, 0) is 12.8 Å². The van der Waals surface area contributed by atoms with Crippen LogP contribution in [0.4, 0.5) is 0 Å². The molecule has 0 amide bonds. The molecule has 0 spiro atoms. The van der Waals surface area contributed by atoms with Crippen molar-refractivity contribution in [1.82, 2.24) is 0 Å². The van der Waals surface area contributed by atoms with E-state index in [4.69, 9.17) is 10.2 Å². The first-order valence-electron chi connectivity index (χ1n) is 4.17. The summed E-state index contributed by atoms with van der Waals surface area (Å²) in [6, 6.07) is 0. The summed E-state index contributed by atoms with van der Waals surface area (Å²) < 4.78 is 0. The molecule has 1 rings (SSSR count). The largest absolute Gasteiger partial charge is 0.481 e. The third kappa shape index (κ3) is 1.98. The fourth-order valence-corrected chi connectivity index (χ4v) is 1.83. The van der Waals surface area contributed by atoms with E-state index in [-0.39, 0.29) is 0 Å². The van der Waals surface area contributed by atoms with Crippen molar-refractivity contribution in [3.8, 4) is 0 Å². The van der Waals surface area contributed by atoms with Crippen LogP contribution in [0.25, 0.3) is 0 Å². The maximum Gasteiger partial charge on any atom is 0.318 e. The van der Waals surface area contributed by atoms with Gasteiger partial charge in [0.1, 0.15) is 0 Å². The molecule has 1 fully saturated rings. The first kappa shape index (κ1) is 9.98. The lowest BCUT2D eigenvalue weighted by atomic mass is 9.89. The van der Waals surface area contributed by atoms with E-state index in [0.717, 1.165) is 0 Å². The molecule has 5 nitrogen and oxygen atoms in total. The van der Waals surface area contributed by atoms with Gasteiger partial charge in [-0.2, -0.15) is 0 Å². The zero-order valence-electron chi connectivity index (χ0n) is 7.01. The number of carboxylic acids is 2. The molecule has 5 heteroatoms. The summed E-state index contributed by atoms with van der Waals surface area (Å²) >= 11 is 0. The van der Waals surface area contributed by atoms with E-state index in [9.17, 15) is 14.7 Å². The highest BCUT2D eigenvalue weighted by Gasteiger charge is 2.41. The summed E-state index contributed by atoms with van der Waals surface area (Å²) in [6.07, 6.45) is 0.895. The summed E-state index contributed by atoms with van der Waals surface area (Å²) in [5.41, 5.74) is 0. The molecular formula is C8H12O5. The minimum Gasteiger partial charge on any atom is -0.481 e. The maximum absolute atomic E-state index is 10.6. The molecule has 0 saturated heterocycles. The van der Waals surface area contributed by atoms with Gasteiger partial charge in [0, 0.05) is 5.92 Å². The van der Waals surface area contributed by atoms with Gasteiger partial charge in [-0.15, -0.1) is 0 Å². The van der Waals surface area contributed by atoms with Crippen LogP contribution in [0.15, 0.2) is 0 Å².